The van der Waals surface area contributed by atoms with E-state index in [0.717, 1.165) is 21.5 Å². The number of likely N-dealkylation sites (N-methyl/N-ethyl adjacent to an activating group) is 1. The molecule has 1 aromatic heterocycles. The Hall–Kier alpha value is -0.970. The number of carbonyl (C=O) groups is 1. The molecule has 106 valence electrons. The molecule has 2 rings (SSSR count). The van der Waals surface area contributed by atoms with Crippen LogP contribution in [0, 0.1) is 13.8 Å². The fourth-order valence-corrected chi connectivity index (χ4v) is 3.63. The Bertz CT molecular complexity index is 621. The lowest BCUT2D eigenvalue weighted by Crippen LogP contribution is -2.25. The van der Waals surface area contributed by atoms with E-state index in [-0.39, 0.29) is 5.78 Å². The van der Waals surface area contributed by atoms with E-state index in [0.29, 0.717) is 6.54 Å². The molecule has 0 aliphatic heterocycles. The Morgan fingerprint density at radius 2 is 2.05 bits per heavy atom. The van der Waals surface area contributed by atoms with Gasteiger partial charge < -0.3 is 0 Å². The second-order valence-corrected chi connectivity index (χ2v) is 7.43. The number of hydrogen-bond donors (Lipinski definition) is 0. The molecule has 2 aromatic rings. The highest BCUT2D eigenvalue weighted by atomic mass is 79.9. The zero-order valence-corrected chi connectivity index (χ0v) is 14.3. The third-order valence-electron chi connectivity index (χ3n) is 3.10. The highest BCUT2D eigenvalue weighted by Crippen LogP contribution is 2.21. The Balaban J connectivity index is 1.99. The number of thiophene rings is 1. The molecule has 0 atom stereocenters. The molecule has 0 radical (unpaired) electrons. The Morgan fingerprint density at radius 1 is 1.30 bits per heavy atom. The molecule has 0 aliphatic carbocycles. The smallest absolute Gasteiger partial charge is 0.177 e. The van der Waals surface area contributed by atoms with Crippen LogP contribution < -0.4 is 0 Å². The molecule has 1 aromatic carbocycles. The maximum Gasteiger partial charge on any atom is 0.177 e. The third kappa shape index (κ3) is 4.01. The van der Waals surface area contributed by atoms with Crippen LogP contribution in [-0.2, 0) is 6.54 Å². The number of nitrogens with zero attached hydrogens (tertiary/aromatic N) is 1. The molecule has 1 heterocycles. The van der Waals surface area contributed by atoms with Gasteiger partial charge in [-0.25, -0.2) is 0 Å². The number of Topliss-reactive ketones (excluding diaryl/α,β-unsaturated/α-hetero) is 1. The van der Waals surface area contributed by atoms with Gasteiger partial charge in [0.15, 0.2) is 5.78 Å². The van der Waals surface area contributed by atoms with Crippen molar-refractivity contribution >= 4 is 33.0 Å². The summed E-state index contributed by atoms with van der Waals surface area (Å²) in [5.41, 5.74) is 2.07. The van der Waals surface area contributed by atoms with E-state index in [1.165, 1.54) is 10.4 Å². The Labute approximate surface area is 132 Å². The molecule has 0 bridgehead atoms. The van der Waals surface area contributed by atoms with Gasteiger partial charge in [-0.15, -0.1) is 11.3 Å². The summed E-state index contributed by atoms with van der Waals surface area (Å²) in [4.78, 5) is 16.7. The van der Waals surface area contributed by atoms with Gasteiger partial charge in [-0.05, 0) is 44.7 Å². The number of benzene rings is 1. The van der Waals surface area contributed by atoms with Gasteiger partial charge in [0.1, 0.15) is 0 Å². The van der Waals surface area contributed by atoms with E-state index in [9.17, 15) is 4.79 Å². The van der Waals surface area contributed by atoms with Crippen molar-refractivity contribution in [3.63, 3.8) is 0 Å². The van der Waals surface area contributed by atoms with Gasteiger partial charge in [0.05, 0.1) is 6.54 Å². The molecule has 0 fully saturated rings. The fraction of sp³-hybridized carbons (Fsp3) is 0.312. The van der Waals surface area contributed by atoms with E-state index in [4.69, 9.17) is 0 Å². The van der Waals surface area contributed by atoms with Crippen LogP contribution in [-0.4, -0.2) is 24.3 Å². The molecular formula is C16H18BrNOS. The van der Waals surface area contributed by atoms with Crippen LogP contribution in [0.5, 0.6) is 0 Å². The second-order valence-electron chi connectivity index (χ2n) is 5.05. The minimum absolute atomic E-state index is 0.198. The van der Waals surface area contributed by atoms with Crippen LogP contribution in [0.4, 0.5) is 0 Å². The molecule has 0 spiro atoms. The number of hydrogen-bond acceptors (Lipinski definition) is 3. The molecule has 0 saturated heterocycles. The van der Waals surface area contributed by atoms with Gasteiger partial charge in [0, 0.05) is 26.3 Å². The first-order valence-corrected chi connectivity index (χ1v) is 8.10. The predicted octanol–water partition coefficient (Wildman–Crippen LogP) is 4.44. The van der Waals surface area contributed by atoms with Crippen molar-refractivity contribution in [1.82, 2.24) is 4.90 Å². The fourth-order valence-electron chi connectivity index (χ4n) is 2.24. The standard InChI is InChI=1S/C16H18BrNOS/c1-11-7-15(12(2)20-11)16(19)10-18(3)9-13-5-4-6-14(17)8-13/h4-8H,9-10H2,1-3H3. The zero-order chi connectivity index (χ0) is 14.7. The number of halogens is 1. The molecular weight excluding hydrogens is 334 g/mol. The van der Waals surface area contributed by atoms with Crippen LogP contribution in [0.25, 0.3) is 0 Å². The second kappa shape index (κ2) is 6.66. The van der Waals surface area contributed by atoms with Crippen molar-refractivity contribution in [2.75, 3.05) is 13.6 Å². The minimum atomic E-state index is 0.198. The molecule has 0 aliphatic rings. The predicted molar refractivity (Wildman–Crippen MR) is 88.6 cm³/mol. The Kier molecular flexibility index (Phi) is 5.13. The highest BCUT2D eigenvalue weighted by molar-refractivity contribution is 9.10. The lowest BCUT2D eigenvalue weighted by molar-refractivity contribution is 0.0943. The summed E-state index contributed by atoms with van der Waals surface area (Å²) < 4.78 is 1.07. The lowest BCUT2D eigenvalue weighted by atomic mass is 10.1. The van der Waals surface area contributed by atoms with E-state index in [1.807, 2.05) is 39.1 Å². The van der Waals surface area contributed by atoms with E-state index < -0.39 is 0 Å². The summed E-state index contributed by atoms with van der Waals surface area (Å²) in [5.74, 6) is 0.198. The van der Waals surface area contributed by atoms with Crippen LogP contribution in [0.2, 0.25) is 0 Å². The normalized spacial score (nSPS) is 11.1. The highest BCUT2D eigenvalue weighted by Gasteiger charge is 2.14. The zero-order valence-electron chi connectivity index (χ0n) is 11.9. The van der Waals surface area contributed by atoms with Crippen molar-refractivity contribution in [3.8, 4) is 0 Å². The largest absolute Gasteiger partial charge is 0.295 e. The topological polar surface area (TPSA) is 20.3 Å². The number of rotatable bonds is 5. The van der Waals surface area contributed by atoms with E-state index in [1.54, 1.807) is 11.3 Å². The van der Waals surface area contributed by atoms with Crippen molar-refractivity contribution in [2.24, 2.45) is 0 Å². The maximum absolute atomic E-state index is 12.3. The monoisotopic (exact) mass is 351 g/mol. The van der Waals surface area contributed by atoms with E-state index in [2.05, 4.69) is 33.0 Å². The molecule has 0 unspecified atom stereocenters. The lowest BCUT2D eigenvalue weighted by Gasteiger charge is -2.16. The number of carbonyl (C=O) groups excluding carboxylic acids is 1. The molecule has 0 N–H and O–H groups in total. The molecule has 0 saturated carbocycles. The van der Waals surface area contributed by atoms with Gasteiger partial charge in [-0.3, -0.25) is 9.69 Å². The third-order valence-corrected chi connectivity index (χ3v) is 4.56. The number of ketones is 1. The maximum atomic E-state index is 12.3. The summed E-state index contributed by atoms with van der Waals surface area (Å²) >= 11 is 5.15. The molecule has 0 amide bonds. The first-order valence-electron chi connectivity index (χ1n) is 6.49. The van der Waals surface area contributed by atoms with E-state index >= 15 is 0 Å². The minimum Gasteiger partial charge on any atom is -0.295 e. The summed E-state index contributed by atoms with van der Waals surface area (Å²) in [6.45, 7) is 5.27. The summed E-state index contributed by atoms with van der Waals surface area (Å²) in [5, 5.41) is 0. The summed E-state index contributed by atoms with van der Waals surface area (Å²) in [6, 6.07) is 10.2. The number of aryl methyl sites for hydroxylation is 2. The van der Waals surface area contributed by atoms with Crippen molar-refractivity contribution in [2.45, 2.75) is 20.4 Å². The van der Waals surface area contributed by atoms with Crippen LogP contribution >= 0.6 is 27.3 Å². The van der Waals surface area contributed by atoms with Crippen LogP contribution in [0.3, 0.4) is 0 Å². The molecule has 20 heavy (non-hydrogen) atoms. The van der Waals surface area contributed by atoms with Gasteiger partial charge in [-0.1, -0.05) is 28.1 Å². The van der Waals surface area contributed by atoms with Crippen LogP contribution in [0.1, 0.15) is 25.7 Å². The average molecular weight is 352 g/mol. The average Bonchev–Trinajstić information content (AvgIpc) is 2.68. The van der Waals surface area contributed by atoms with Gasteiger partial charge in [0.2, 0.25) is 0 Å². The SMILES string of the molecule is Cc1cc(C(=O)CN(C)Cc2cccc(Br)c2)c(C)s1. The van der Waals surface area contributed by atoms with Crippen molar-refractivity contribution in [3.05, 3.63) is 55.7 Å². The van der Waals surface area contributed by atoms with Gasteiger partial charge in [0.25, 0.3) is 0 Å². The molecule has 4 heteroatoms. The van der Waals surface area contributed by atoms with Gasteiger partial charge in [-0.2, -0.15) is 0 Å². The quantitative estimate of drug-likeness (QED) is 0.742. The Morgan fingerprint density at radius 3 is 2.65 bits per heavy atom. The van der Waals surface area contributed by atoms with Crippen molar-refractivity contribution in [1.29, 1.82) is 0 Å². The molecule has 2 nitrogen and oxygen atoms in total. The first kappa shape index (κ1) is 15.4. The van der Waals surface area contributed by atoms with Gasteiger partial charge >= 0.3 is 0 Å². The van der Waals surface area contributed by atoms with Crippen LogP contribution in [0.15, 0.2) is 34.8 Å². The summed E-state index contributed by atoms with van der Waals surface area (Å²) in [7, 11) is 1.98. The van der Waals surface area contributed by atoms with Crippen molar-refractivity contribution < 1.29 is 4.79 Å². The summed E-state index contributed by atoms with van der Waals surface area (Å²) in [6.07, 6.45) is 0. The first-order chi connectivity index (χ1) is 9.45.